The highest BCUT2D eigenvalue weighted by Crippen LogP contribution is 2.28. The fourth-order valence-corrected chi connectivity index (χ4v) is 4.51. The average molecular weight is 490 g/mol. The number of anilines is 1. The van der Waals surface area contributed by atoms with Gasteiger partial charge in [0.2, 0.25) is 5.91 Å². The standard InChI is InChI=1S/C24H32FN5O5/c1-29-11-18(27-15-29)8-9-26-23(32)10-20-6-7-21-22(35-20)14-34-13-19(31)12-30(21)24(33)28-17-4-2-16(25)3-5-17/h2-5,11,15,19-22,31H,6-10,12-14H2,1H3,(H,26,32)(H,28,33)/t19-,20+,21+,22-/m1/s1. The van der Waals surface area contributed by atoms with Crippen molar-refractivity contribution in [2.45, 2.75) is 50.0 Å². The van der Waals surface area contributed by atoms with E-state index >= 15 is 0 Å². The molecule has 0 radical (unpaired) electrons. The molecule has 2 fully saturated rings. The van der Waals surface area contributed by atoms with Gasteiger partial charge < -0.3 is 34.7 Å². The van der Waals surface area contributed by atoms with Crippen LogP contribution < -0.4 is 10.6 Å². The average Bonchev–Trinajstić information content (AvgIpc) is 3.23. The van der Waals surface area contributed by atoms with Crippen LogP contribution >= 0.6 is 0 Å². The minimum absolute atomic E-state index is 0.0750. The summed E-state index contributed by atoms with van der Waals surface area (Å²) in [6.45, 7) is 0.856. The molecule has 190 valence electrons. The summed E-state index contributed by atoms with van der Waals surface area (Å²) in [6.07, 6.45) is 4.14. The third kappa shape index (κ3) is 7.00. The number of carbonyl (C=O) groups is 2. The first-order chi connectivity index (χ1) is 16.9. The lowest BCUT2D eigenvalue weighted by atomic mass is 9.95. The number of ether oxygens (including phenoxy) is 2. The molecule has 1 aromatic heterocycles. The number of carbonyl (C=O) groups excluding carboxylic acids is 2. The van der Waals surface area contributed by atoms with Crippen molar-refractivity contribution in [3.05, 3.63) is 48.3 Å². The first-order valence-electron chi connectivity index (χ1n) is 11.9. The molecule has 0 spiro atoms. The third-order valence-corrected chi connectivity index (χ3v) is 6.21. The van der Waals surface area contributed by atoms with Crippen molar-refractivity contribution in [1.82, 2.24) is 19.8 Å². The topological polar surface area (TPSA) is 118 Å². The van der Waals surface area contributed by atoms with Crippen LogP contribution in [0, 0.1) is 5.82 Å². The zero-order chi connectivity index (χ0) is 24.8. The van der Waals surface area contributed by atoms with Crippen LogP contribution in [0.3, 0.4) is 0 Å². The Morgan fingerprint density at radius 2 is 2.03 bits per heavy atom. The molecule has 10 nitrogen and oxygen atoms in total. The number of rotatable bonds is 6. The molecule has 11 heteroatoms. The van der Waals surface area contributed by atoms with Gasteiger partial charge in [0.25, 0.3) is 0 Å². The molecule has 0 saturated carbocycles. The van der Waals surface area contributed by atoms with E-state index in [-0.39, 0.29) is 44.2 Å². The minimum Gasteiger partial charge on any atom is -0.389 e. The highest BCUT2D eigenvalue weighted by Gasteiger charge is 2.40. The van der Waals surface area contributed by atoms with E-state index in [1.165, 1.54) is 24.3 Å². The summed E-state index contributed by atoms with van der Waals surface area (Å²) in [4.78, 5) is 31.3. The number of aliphatic hydroxyl groups is 1. The van der Waals surface area contributed by atoms with Crippen molar-refractivity contribution in [2.75, 3.05) is 31.6 Å². The van der Waals surface area contributed by atoms with Crippen LogP contribution in [0.1, 0.15) is 25.0 Å². The second-order valence-corrected chi connectivity index (χ2v) is 9.06. The number of nitrogens with zero attached hydrogens (tertiary/aromatic N) is 3. The van der Waals surface area contributed by atoms with Crippen LogP contribution in [0.4, 0.5) is 14.9 Å². The quantitative estimate of drug-likeness (QED) is 0.565. The zero-order valence-electron chi connectivity index (χ0n) is 19.7. The lowest BCUT2D eigenvalue weighted by Gasteiger charge is -2.44. The second kappa shape index (κ2) is 11.6. The van der Waals surface area contributed by atoms with Crippen LogP contribution in [-0.4, -0.2) is 82.2 Å². The van der Waals surface area contributed by atoms with Gasteiger partial charge in [-0.25, -0.2) is 14.2 Å². The lowest BCUT2D eigenvalue weighted by molar-refractivity contribution is -0.149. The molecule has 2 saturated heterocycles. The van der Waals surface area contributed by atoms with Gasteiger partial charge >= 0.3 is 6.03 Å². The molecule has 3 N–H and O–H groups in total. The summed E-state index contributed by atoms with van der Waals surface area (Å²) in [5.41, 5.74) is 1.37. The number of amides is 3. The van der Waals surface area contributed by atoms with Crippen molar-refractivity contribution >= 4 is 17.6 Å². The number of aromatic nitrogens is 2. The monoisotopic (exact) mass is 489 g/mol. The van der Waals surface area contributed by atoms with Crippen molar-refractivity contribution in [1.29, 1.82) is 0 Å². The summed E-state index contributed by atoms with van der Waals surface area (Å²) in [6, 6.07) is 4.77. The predicted molar refractivity (Wildman–Crippen MR) is 125 cm³/mol. The Labute approximate surface area is 203 Å². The van der Waals surface area contributed by atoms with E-state index in [0.29, 0.717) is 31.5 Å². The van der Waals surface area contributed by atoms with Gasteiger partial charge in [0.05, 0.1) is 56.5 Å². The maximum Gasteiger partial charge on any atom is 0.322 e. The van der Waals surface area contributed by atoms with Gasteiger partial charge in [-0.15, -0.1) is 0 Å². The van der Waals surface area contributed by atoms with Gasteiger partial charge in [0, 0.05) is 31.9 Å². The van der Waals surface area contributed by atoms with Gasteiger partial charge in [0.15, 0.2) is 0 Å². The first-order valence-corrected chi connectivity index (χ1v) is 11.9. The second-order valence-electron chi connectivity index (χ2n) is 9.06. The zero-order valence-corrected chi connectivity index (χ0v) is 19.7. The van der Waals surface area contributed by atoms with E-state index in [9.17, 15) is 19.1 Å². The molecule has 0 aliphatic carbocycles. The fraction of sp³-hybridized carbons (Fsp3) is 0.542. The van der Waals surface area contributed by atoms with Gasteiger partial charge in [-0.1, -0.05) is 0 Å². The molecular weight excluding hydrogens is 457 g/mol. The molecule has 35 heavy (non-hydrogen) atoms. The van der Waals surface area contributed by atoms with Crippen LogP contribution in [0.25, 0.3) is 0 Å². The predicted octanol–water partition coefficient (Wildman–Crippen LogP) is 1.45. The van der Waals surface area contributed by atoms with E-state index < -0.39 is 24.1 Å². The number of aliphatic hydroxyl groups excluding tert-OH is 1. The molecule has 4 rings (SSSR count). The van der Waals surface area contributed by atoms with Crippen LogP contribution in [0.2, 0.25) is 0 Å². The lowest BCUT2D eigenvalue weighted by Crippen LogP contribution is -2.58. The largest absolute Gasteiger partial charge is 0.389 e. The number of urea groups is 1. The van der Waals surface area contributed by atoms with Gasteiger partial charge in [-0.2, -0.15) is 0 Å². The SMILES string of the molecule is Cn1cnc(CCNC(=O)C[C@@H]2CC[C@H]3[C@@H](COC[C@H](O)CN3C(=O)Nc3ccc(F)cc3)O2)c1. The molecule has 2 aliphatic heterocycles. The van der Waals surface area contributed by atoms with Crippen LogP contribution in [-0.2, 0) is 27.7 Å². The molecule has 3 amide bonds. The number of aryl methyl sites for hydroxylation is 1. The first kappa shape index (κ1) is 25.1. The maximum absolute atomic E-state index is 13.2. The minimum atomic E-state index is -0.836. The van der Waals surface area contributed by atoms with Gasteiger partial charge in [-0.3, -0.25) is 4.79 Å². The molecule has 2 aliphatic rings. The Balaban J connectivity index is 1.32. The van der Waals surface area contributed by atoms with Crippen LogP contribution in [0.15, 0.2) is 36.8 Å². The summed E-state index contributed by atoms with van der Waals surface area (Å²) in [5, 5.41) is 15.9. The van der Waals surface area contributed by atoms with Crippen LogP contribution in [0.5, 0.6) is 0 Å². The molecule has 0 bridgehead atoms. The maximum atomic E-state index is 13.2. The Morgan fingerprint density at radius 1 is 1.23 bits per heavy atom. The molecule has 1 aromatic carbocycles. The van der Waals surface area contributed by atoms with Gasteiger partial charge in [0.1, 0.15) is 11.9 Å². The van der Waals surface area contributed by atoms with E-state index in [0.717, 1.165) is 5.69 Å². The summed E-state index contributed by atoms with van der Waals surface area (Å²) in [5.74, 6) is -0.494. The van der Waals surface area contributed by atoms with E-state index in [1.54, 1.807) is 11.2 Å². The Kier molecular flexibility index (Phi) is 8.32. The van der Waals surface area contributed by atoms with E-state index in [2.05, 4.69) is 15.6 Å². The Hall–Kier alpha value is -3.02. The van der Waals surface area contributed by atoms with E-state index in [4.69, 9.17) is 9.47 Å². The number of imidazole rings is 1. The molecular formula is C24H32FN5O5. The number of hydrogen-bond donors (Lipinski definition) is 3. The Morgan fingerprint density at radius 3 is 2.77 bits per heavy atom. The highest BCUT2D eigenvalue weighted by atomic mass is 19.1. The number of hydrogen-bond acceptors (Lipinski definition) is 6. The van der Waals surface area contributed by atoms with Crippen molar-refractivity contribution < 1.29 is 28.6 Å². The number of halogens is 1. The molecule has 3 heterocycles. The van der Waals surface area contributed by atoms with Crippen molar-refractivity contribution in [3.8, 4) is 0 Å². The fourth-order valence-electron chi connectivity index (χ4n) is 4.51. The third-order valence-electron chi connectivity index (χ3n) is 6.21. The molecule has 2 aromatic rings. The smallest absolute Gasteiger partial charge is 0.322 e. The highest BCUT2D eigenvalue weighted by molar-refractivity contribution is 5.89. The normalized spacial score (nSPS) is 24.7. The number of fused-ring (bicyclic) bond motifs is 1. The number of β-amino-alcohol motifs (C(OH)–C–C–N with tert-alkyl or cyclic N) is 1. The van der Waals surface area contributed by atoms with Crippen molar-refractivity contribution in [2.24, 2.45) is 7.05 Å². The summed E-state index contributed by atoms with van der Waals surface area (Å²) < 4.78 is 26.9. The number of nitrogens with one attached hydrogen (secondary N) is 2. The summed E-state index contributed by atoms with van der Waals surface area (Å²) >= 11 is 0. The van der Waals surface area contributed by atoms with E-state index in [1.807, 2.05) is 17.8 Å². The molecule has 4 atom stereocenters. The molecule has 0 unspecified atom stereocenters. The van der Waals surface area contributed by atoms with Crippen molar-refractivity contribution in [3.63, 3.8) is 0 Å². The summed E-state index contributed by atoms with van der Waals surface area (Å²) in [7, 11) is 1.90. The number of benzene rings is 1. The Bertz CT molecular complexity index is 1000. The van der Waals surface area contributed by atoms with Gasteiger partial charge in [-0.05, 0) is 37.1 Å².